The van der Waals surface area contributed by atoms with E-state index in [0.29, 0.717) is 28.2 Å². The molecule has 0 atom stereocenters. The number of halogens is 4. The minimum atomic E-state index is -4.48. The minimum absolute atomic E-state index is 0.276. The topological polar surface area (TPSA) is 24.9 Å². The summed E-state index contributed by atoms with van der Waals surface area (Å²) < 4.78 is 38.5. The van der Waals surface area contributed by atoms with Crippen LogP contribution < -0.4 is 5.32 Å². The van der Waals surface area contributed by atoms with E-state index in [4.69, 9.17) is 11.6 Å². The van der Waals surface area contributed by atoms with Gasteiger partial charge in [0.15, 0.2) is 0 Å². The van der Waals surface area contributed by atoms with Gasteiger partial charge in [-0.1, -0.05) is 17.7 Å². The monoisotopic (exact) mass is 288 g/mol. The maximum atomic E-state index is 12.8. The van der Waals surface area contributed by atoms with E-state index in [9.17, 15) is 13.2 Å². The molecule has 0 saturated heterocycles. The van der Waals surface area contributed by atoms with Crippen molar-refractivity contribution in [3.05, 3.63) is 34.5 Å². The first-order valence-electron chi connectivity index (χ1n) is 5.75. The van der Waals surface area contributed by atoms with Crippen LogP contribution in [0.15, 0.2) is 18.2 Å². The molecule has 19 heavy (non-hydrogen) atoms. The molecule has 0 saturated carbocycles. The standard InChI is InChI=1S/C13H12ClF3N2/c1-3-18-9-6-10(13(15,16)17)19-12-7(2)4-5-8(14)11(9)12/h4-6H,3H2,1-2H3,(H,18,19). The van der Waals surface area contributed by atoms with Crippen molar-refractivity contribution in [2.75, 3.05) is 11.9 Å². The molecule has 1 N–H and O–H groups in total. The van der Waals surface area contributed by atoms with Crippen molar-refractivity contribution >= 4 is 28.2 Å². The molecule has 6 heteroatoms. The van der Waals surface area contributed by atoms with E-state index in [1.807, 2.05) is 6.92 Å². The Hall–Kier alpha value is -1.49. The third-order valence-corrected chi connectivity index (χ3v) is 3.08. The maximum absolute atomic E-state index is 12.8. The summed E-state index contributed by atoms with van der Waals surface area (Å²) in [7, 11) is 0. The smallest absolute Gasteiger partial charge is 0.385 e. The maximum Gasteiger partial charge on any atom is 0.433 e. The van der Waals surface area contributed by atoms with Crippen LogP contribution in [-0.2, 0) is 6.18 Å². The van der Waals surface area contributed by atoms with E-state index in [1.165, 1.54) is 0 Å². The number of benzene rings is 1. The third kappa shape index (κ3) is 2.61. The highest BCUT2D eigenvalue weighted by Crippen LogP contribution is 2.36. The predicted octanol–water partition coefficient (Wildman–Crippen LogP) is 4.65. The zero-order valence-electron chi connectivity index (χ0n) is 10.4. The summed E-state index contributed by atoms with van der Waals surface area (Å²) in [6, 6.07) is 4.32. The Bertz CT molecular complexity index is 623. The lowest BCUT2D eigenvalue weighted by atomic mass is 10.1. The Kier molecular flexibility index (Phi) is 3.58. The number of nitrogens with one attached hydrogen (secondary N) is 1. The SMILES string of the molecule is CCNc1cc(C(F)(F)F)nc2c(C)ccc(Cl)c12. The lowest BCUT2D eigenvalue weighted by molar-refractivity contribution is -0.140. The molecular formula is C13H12ClF3N2. The Morgan fingerprint density at radius 3 is 2.58 bits per heavy atom. The summed E-state index contributed by atoms with van der Waals surface area (Å²) in [4.78, 5) is 3.70. The van der Waals surface area contributed by atoms with E-state index in [-0.39, 0.29) is 5.52 Å². The number of fused-ring (bicyclic) bond motifs is 1. The number of pyridine rings is 1. The van der Waals surface area contributed by atoms with Crippen LogP contribution in [0.3, 0.4) is 0 Å². The van der Waals surface area contributed by atoms with Crippen LogP contribution in [0.1, 0.15) is 18.2 Å². The zero-order valence-corrected chi connectivity index (χ0v) is 11.2. The lowest BCUT2D eigenvalue weighted by Gasteiger charge is -2.14. The molecule has 102 valence electrons. The number of rotatable bonds is 2. The van der Waals surface area contributed by atoms with Gasteiger partial charge in [-0.25, -0.2) is 4.98 Å². The zero-order chi connectivity index (χ0) is 14.2. The fourth-order valence-corrected chi connectivity index (χ4v) is 2.16. The van der Waals surface area contributed by atoms with Crippen LogP contribution in [0.5, 0.6) is 0 Å². The molecule has 0 fully saturated rings. The number of aryl methyl sites for hydroxylation is 1. The van der Waals surface area contributed by atoms with E-state index in [2.05, 4.69) is 10.3 Å². The Morgan fingerprint density at radius 2 is 2.00 bits per heavy atom. The van der Waals surface area contributed by atoms with Gasteiger partial charge in [-0.3, -0.25) is 0 Å². The van der Waals surface area contributed by atoms with Gasteiger partial charge in [0.1, 0.15) is 5.69 Å². The van der Waals surface area contributed by atoms with E-state index >= 15 is 0 Å². The average Bonchev–Trinajstić information content (AvgIpc) is 2.33. The van der Waals surface area contributed by atoms with Crippen molar-refractivity contribution in [1.82, 2.24) is 4.98 Å². The number of alkyl halides is 3. The van der Waals surface area contributed by atoms with E-state index < -0.39 is 11.9 Å². The number of hydrogen-bond acceptors (Lipinski definition) is 2. The molecule has 0 radical (unpaired) electrons. The fraction of sp³-hybridized carbons (Fsp3) is 0.308. The van der Waals surface area contributed by atoms with Gasteiger partial charge in [-0.2, -0.15) is 13.2 Å². The van der Waals surface area contributed by atoms with Gasteiger partial charge in [-0.05, 0) is 31.5 Å². The summed E-state index contributed by atoms with van der Waals surface area (Å²) >= 11 is 6.08. The van der Waals surface area contributed by atoms with E-state index in [0.717, 1.165) is 6.07 Å². The molecule has 0 amide bonds. The van der Waals surface area contributed by atoms with Gasteiger partial charge < -0.3 is 5.32 Å². The normalized spacial score (nSPS) is 11.9. The van der Waals surface area contributed by atoms with Gasteiger partial charge in [0.2, 0.25) is 0 Å². The van der Waals surface area contributed by atoms with Gasteiger partial charge in [0.05, 0.1) is 10.5 Å². The molecule has 0 aliphatic heterocycles. The summed E-state index contributed by atoms with van der Waals surface area (Å²) in [6.07, 6.45) is -4.48. The number of aromatic nitrogens is 1. The summed E-state index contributed by atoms with van der Waals surface area (Å²) in [5.74, 6) is 0. The van der Waals surface area contributed by atoms with Crippen molar-refractivity contribution in [3.8, 4) is 0 Å². The molecule has 0 bridgehead atoms. The molecule has 1 aromatic heterocycles. The van der Waals surface area contributed by atoms with Crippen LogP contribution in [0.4, 0.5) is 18.9 Å². The lowest BCUT2D eigenvalue weighted by Crippen LogP contribution is -2.10. The fourth-order valence-electron chi connectivity index (χ4n) is 1.91. The molecule has 0 aliphatic carbocycles. The predicted molar refractivity (Wildman–Crippen MR) is 70.7 cm³/mol. The number of nitrogens with zero attached hydrogens (tertiary/aromatic N) is 1. The molecule has 1 heterocycles. The minimum Gasteiger partial charge on any atom is -0.385 e. The Labute approximate surface area is 113 Å². The summed E-state index contributed by atoms with van der Waals surface area (Å²) in [6.45, 7) is 4.02. The summed E-state index contributed by atoms with van der Waals surface area (Å²) in [5, 5.41) is 3.82. The second-order valence-electron chi connectivity index (χ2n) is 4.17. The first-order chi connectivity index (χ1) is 8.84. The van der Waals surface area contributed by atoms with Crippen LogP contribution in [0.25, 0.3) is 10.9 Å². The highest BCUT2D eigenvalue weighted by molar-refractivity contribution is 6.36. The second-order valence-corrected chi connectivity index (χ2v) is 4.58. The van der Waals surface area contributed by atoms with Crippen LogP contribution in [0, 0.1) is 6.92 Å². The first kappa shape index (κ1) is 13.9. The van der Waals surface area contributed by atoms with Crippen LogP contribution in [0.2, 0.25) is 5.02 Å². The van der Waals surface area contributed by atoms with Crippen LogP contribution >= 0.6 is 11.6 Å². The van der Waals surface area contributed by atoms with Crippen molar-refractivity contribution < 1.29 is 13.2 Å². The number of hydrogen-bond donors (Lipinski definition) is 1. The van der Waals surface area contributed by atoms with Gasteiger partial charge in [-0.15, -0.1) is 0 Å². The second kappa shape index (κ2) is 4.89. The van der Waals surface area contributed by atoms with Gasteiger partial charge in [0.25, 0.3) is 0 Å². The molecule has 2 nitrogen and oxygen atoms in total. The molecule has 0 spiro atoms. The van der Waals surface area contributed by atoms with Crippen molar-refractivity contribution in [2.45, 2.75) is 20.0 Å². The number of anilines is 1. The molecule has 2 aromatic rings. The van der Waals surface area contributed by atoms with Crippen molar-refractivity contribution in [3.63, 3.8) is 0 Å². The van der Waals surface area contributed by atoms with Crippen molar-refractivity contribution in [2.24, 2.45) is 0 Å². The first-order valence-corrected chi connectivity index (χ1v) is 6.13. The molecule has 0 unspecified atom stereocenters. The van der Waals surface area contributed by atoms with Crippen LogP contribution in [-0.4, -0.2) is 11.5 Å². The van der Waals surface area contributed by atoms with Gasteiger partial charge >= 0.3 is 6.18 Å². The molecule has 0 aliphatic rings. The quantitative estimate of drug-likeness (QED) is 0.870. The third-order valence-electron chi connectivity index (χ3n) is 2.77. The average molecular weight is 289 g/mol. The Balaban J connectivity index is 2.83. The molecular weight excluding hydrogens is 277 g/mol. The highest BCUT2D eigenvalue weighted by atomic mass is 35.5. The molecule has 2 rings (SSSR count). The Morgan fingerprint density at radius 1 is 1.32 bits per heavy atom. The largest absolute Gasteiger partial charge is 0.433 e. The van der Waals surface area contributed by atoms with Crippen molar-refractivity contribution in [1.29, 1.82) is 0 Å². The molecule has 1 aromatic carbocycles. The van der Waals surface area contributed by atoms with Gasteiger partial charge in [0, 0.05) is 17.6 Å². The summed E-state index contributed by atoms with van der Waals surface area (Å²) in [5.41, 5.74) is 0.373. The van der Waals surface area contributed by atoms with E-state index in [1.54, 1.807) is 19.1 Å². The highest BCUT2D eigenvalue weighted by Gasteiger charge is 2.33.